The molecule has 4 nitrogen and oxygen atoms in total. The van der Waals surface area contributed by atoms with Crippen molar-refractivity contribution >= 4 is 11.9 Å². The summed E-state index contributed by atoms with van der Waals surface area (Å²) in [5.74, 6) is -3.18. The summed E-state index contributed by atoms with van der Waals surface area (Å²) < 4.78 is 12.2. The SMILES string of the molecule is O=C(O)C1(C(=O)O)C[C@H]1F. The largest absolute Gasteiger partial charge is 0.480 e. The van der Waals surface area contributed by atoms with Crippen LogP contribution in [0.25, 0.3) is 0 Å². The number of alkyl halides is 1. The van der Waals surface area contributed by atoms with Gasteiger partial charge in [-0.25, -0.2) is 4.39 Å². The average molecular weight is 148 g/mol. The standard InChI is InChI=1S/C5H5FO4/c6-2-1-5(2,3(7)8)4(9)10/h2H,1H2,(H,7,8)(H,9,10)/t2-/m1/s1. The van der Waals surface area contributed by atoms with Gasteiger partial charge in [-0.3, -0.25) is 9.59 Å². The van der Waals surface area contributed by atoms with Gasteiger partial charge in [-0.2, -0.15) is 0 Å². The van der Waals surface area contributed by atoms with E-state index in [2.05, 4.69) is 0 Å². The number of hydrogen-bond acceptors (Lipinski definition) is 2. The lowest BCUT2D eigenvalue weighted by molar-refractivity contribution is -0.157. The second-order valence-corrected chi connectivity index (χ2v) is 2.25. The summed E-state index contributed by atoms with van der Waals surface area (Å²) in [6.07, 6.45) is -2.13. The van der Waals surface area contributed by atoms with Crippen LogP contribution in [0.3, 0.4) is 0 Å². The predicted molar refractivity (Wildman–Crippen MR) is 27.2 cm³/mol. The molecule has 0 aromatic heterocycles. The van der Waals surface area contributed by atoms with Crippen molar-refractivity contribution < 1.29 is 24.2 Å². The van der Waals surface area contributed by atoms with Crippen molar-refractivity contribution in [2.24, 2.45) is 5.41 Å². The number of rotatable bonds is 2. The molecule has 1 atom stereocenters. The van der Waals surface area contributed by atoms with Gasteiger partial charge in [-0.05, 0) is 0 Å². The summed E-state index contributed by atoms with van der Waals surface area (Å²) in [4.78, 5) is 20.2. The van der Waals surface area contributed by atoms with E-state index in [4.69, 9.17) is 10.2 Å². The summed E-state index contributed by atoms with van der Waals surface area (Å²) >= 11 is 0. The Morgan fingerprint density at radius 1 is 1.40 bits per heavy atom. The number of carboxylic acids is 2. The molecule has 0 aliphatic heterocycles. The van der Waals surface area contributed by atoms with E-state index in [0.717, 1.165) is 0 Å². The number of carboxylic acid groups (broad SMARTS) is 2. The molecule has 1 aliphatic rings. The minimum Gasteiger partial charge on any atom is -0.480 e. The molecule has 0 saturated heterocycles. The molecule has 1 fully saturated rings. The molecule has 0 amide bonds. The van der Waals surface area contributed by atoms with Crippen LogP contribution in [0, 0.1) is 5.41 Å². The van der Waals surface area contributed by atoms with Crippen LogP contribution in [0.1, 0.15) is 6.42 Å². The fourth-order valence-electron chi connectivity index (χ4n) is 0.758. The molecule has 0 unspecified atom stereocenters. The lowest BCUT2D eigenvalue weighted by Gasteiger charge is -1.99. The fourth-order valence-corrected chi connectivity index (χ4v) is 0.758. The van der Waals surface area contributed by atoms with Gasteiger partial charge in [0.2, 0.25) is 0 Å². The highest BCUT2D eigenvalue weighted by molar-refractivity contribution is 6.02. The summed E-state index contributed by atoms with van der Waals surface area (Å²) in [6.45, 7) is 0. The zero-order valence-electron chi connectivity index (χ0n) is 4.87. The van der Waals surface area contributed by atoms with Crippen LogP contribution in [-0.4, -0.2) is 28.3 Å². The van der Waals surface area contributed by atoms with Crippen LogP contribution >= 0.6 is 0 Å². The minimum absolute atomic E-state index is 0.405. The molecule has 0 aromatic rings. The van der Waals surface area contributed by atoms with Crippen molar-refractivity contribution in [3.8, 4) is 0 Å². The smallest absolute Gasteiger partial charge is 0.324 e. The van der Waals surface area contributed by atoms with Gasteiger partial charge in [0.1, 0.15) is 6.17 Å². The molecule has 0 aromatic carbocycles. The van der Waals surface area contributed by atoms with Gasteiger partial charge < -0.3 is 10.2 Å². The molecule has 0 heterocycles. The molecular weight excluding hydrogens is 143 g/mol. The predicted octanol–water partition coefficient (Wildman–Crippen LogP) is -0.116. The van der Waals surface area contributed by atoms with E-state index >= 15 is 0 Å². The normalized spacial score (nSPS) is 27.5. The second kappa shape index (κ2) is 1.68. The third-order valence-corrected chi connectivity index (χ3v) is 1.64. The number of hydrogen-bond donors (Lipinski definition) is 2. The van der Waals surface area contributed by atoms with E-state index in [1.807, 2.05) is 0 Å². The van der Waals surface area contributed by atoms with Crippen molar-refractivity contribution in [3.63, 3.8) is 0 Å². The van der Waals surface area contributed by atoms with E-state index in [9.17, 15) is 14.0 Å². The summed E-state index contributed by atoms with van der Waals surface area (Å²) in [7, 11) is 0. The molecular formula is C5H5FO4. The molecule has 0 spiro atoms. The topological polar surface area (TPSA) is 74.6 Å². The molecule has 56 valence electrons. The Hall–Kier alpha value is -1.13. The van der Waals surface area contributed by atoms with Gasteiger partial charge in [0.15, 0.2) is 5.41 Å². The monoisotopic (exact) mass is 148 g/mol. The number of aliphatic carboxylic acids is 2. The molecule has 10 heavy (non-hydrogen) atoms. The van der Waals surface area contributed by atoms with Crippen molar-refractivity contribution in [1.29, 1.82) is 0 Å². The fraction of sp³-hybridized carbons (Fsp3) is 0.600. The maximum absolute atomic E-state index is 12.2. The summed E-state index contributed by atoms with van der Waals surface area (Å²) in [6, 6.07) is 0. The first-order valence-corrected chi connectivity index (χ1v) is 2.62. The molecule has 0 bridgehead atoms. The number of carbonyl (C=O) groups is 2. The van der Waals surface area contributed by atoms with Crippen molar-refractivity contribution in [3.05, 3.63) is 0 Å². The molecule has 1 saturated carbocycles. The Balaban J connectivity index is 2.83. The van der Waals surface area contributed by atoms with Gasteiger partial charge in [0.05, 0.1) is 0 Å². The highest BCUT2D eigenvalue weighted by Crippen LogP contribution is 2.49. The van der Waals surface area contributed by atoms with E-state index < -0.39 is 29.9 Å². The molecule has 1 rings (SSSR count). The van der Waals surface area contributed by atoms with Crippen molar-refractivity contribution in [2.45, 2.75) is 12.6 Å². The second-order valence-electron chi connectivity index (χ2n) is 2.25. The zero-order valence-corrected chi connectivity index (χ0v) is 4.87. The third kappa shape index (κ3) is 0.600. The average Bonchev–Trinajstić information content (AvgIpc) is 2.42. The van der Waals surface area contributed by atoms with E-state index in [0.29, 0.717) is 0 Å². The Morgan fingerprint density at radius 2 is 1.70 bits per heavy atom. The van der Waals surface area contributed by atoms with Gasteiger partial charge in [-0.1, -0.05) is 0 Å². The Labute approximate surface area is 55.3 Å². The minimum atomic E-state index is -2.13. The summed E-state index contributed by atoms with van der Waals surface area (Å²) in [5, 5.41) is 16.4. The lowest BCUT2D eigenvalue weighted by atomic mass is 10.1. The maximum Gasteiger partial charge on any atom is 0.324 e. The quantitative estimate of drug-likeness (QED) is 0.535. The Morgan fingerprint density at radius 3 is 1.70 bits per heavy atom. The van der Waals surface area contributed by atoms with Crippen LogP contribution in [0.5, 0.6) is 0 Å². The van der Waals surface area contributed by atoms with Crippen LogP contribution in [-0.2, 0) is 9.59 Å². The first-order chi connectivity index (χ1) is 4.51. The van der Waals surface area contributed by atoms with E-state index in [1.54, 1.807) is 0 Å². The van der Waals surface area contributed by atoms with Gasteiger partial charge in [0, 0.05) is 6.42 Å². The molecule has 2 N–H and O–H groups in total. The van der Waals surface area contributed by atoms with Gasteiger partial charge in [0.25, 0.3) is 0 Å². The van der Waals surface area contributed by atoms with Gasteiger partial charge in [-0.15, -0.1) is 0 Å². The first-order valence-electron chi connectivity index (χ1n) is 2.62. The van der Waals surface area contributed by atoms with E-state index in [-0.39, 0.29) is 0 Å². The Bertz CT molecular complexity index is 186. The molecule has 5 heteroatoms. The van der Waals surface area contributed by atoms with Crippen molar-refractivity contribution in [1.82, 2.24) is 0 Å². The third-order valence-electron chi connectivity index (χ3n) is 1.64. The zero-order chi connectivity index (χ0) is 7.94. The molecule has 0 radical (unpaired) electrons. The highest BCUT2D eigenvalue weighted by Gasteiger charge is 2.68. The van der Waals surface area contributed by atoms with Crippen molar-refractivity contribution in [2.75, 3.05) is 0 Å². The first kappa shape index (κ1) is 6.98. The van der Waals surface area contributed by atoms with Crippen LogP contribution in [0.2, 0.25) is 0 Å². The lowest BCUT2D eigenvalue weighted by Crippen LogP contribution is -2.27. The Kier molecular flexibility index (Phi) is 1.17. The van der Waals surface area contributed by atoms with Crippen LogP contribution < -0.4 is 0 Å². The van der Waals surface area contributed by atoms with Crippen LogP contribution in [0.4, 0.5) is 4.39 Å². The van der Waals surface area contributed by atoms with E-state index in [1.165, 1.54) is 0 Å². The molecule has 1 aliphatic carbocycles. The number of halogens is 1. The maximum atomic E-state index is 12.2. The van der Waals surface area contributed by atoms with Crippen LogP contribution in [0.15, 0.2) is 0 Å². The highest BCUT2D eigenvalue weighted by atomic mass is 19.1. The summed E-state index contributed by atoms with van der Waals surface area (Å²) in [5.41, 5.74) is -2.13. The van der Waals surface area contributed by atoms with Gasteiger partial charge >= 0.3 is 11.9 Å².